The van der Waals surface area contributed by atoms with Gasteiger partial charge in [0.2, 0.25) is 0 Å². The van der Waals surface area contributed by atoms with Gasteiger partial charge in [-0.1, -0.05) is 55.7 Å². The smallest absolute Gasteiger partial charge is 0.251 e. The fourth-order valence-corrected chi connectivity index (χ4v) is 2.49. The maximum absolute atomic E-state index is 12.6. The molecule has 4 nitrogen and oxygen atoms in total. The lowest BCUT2D eigenvalue weighted by atomic mass is 9.93. The van der Waals surface area contributed by atoms with E-state index < -0.39 is 0 Å². The molecule has 0 aliphatic heterocycles. The van der Waals surface area contributed by atoms with E-state index in [4.69, 9.17) is 0 Å². The maximum Gasteiger partial charge on any atom is 0.251 e. The molecule has 1 N–H and O–H groups in total. The van der Waals surface area contributed by atoms with Gasteiger partial charge in [0.05, 0.1) is 0 Å². The van der Waals surface area contributed by atoms with Crippen molar-refractivity contribution in [2.24, 2.45) is 10.9 Å². The number of amides is 1. The number of unbranched alkanes of at least 4 members (excludes halogenated alkanes) is 1. The molecule has 1 heterocycles. The van der Waals surface area contributed by atoms with E-state index in [1.54, 1.807) is 18.2 Å². The van der Waals surface area contributed by atoms with Gasteiger partial charge in [-0.05, 0) is 37.5 Å². The molecule has 0 fully saturated rings. The maximum atomic E-state index is 12.6. The SMILES string of the molecule is CCCCC(Cc1ccc(C)cc1)C(=O)N=c1ccccn1O. The number of pyridine rings is 1. The quantitative estimate of drug-likeness (QED) is 0.830. The largest absolute Gasteiger partial charge is 0.427 e. The van der Waals surface area contributed by atoms with E-state index in [0.29, 0.717) is 6.42 Å². The van der Waals surface area contributed by atoms with E-state index >= 15 is 0 Å². The summed E-state index contributed by atoms with van der Waals surface area (Å²) in [7, 11) is 0. The summed E-state index contributed by atoms with van der Waals surface area (Å²) in [5.74, 6) is -0.328. The summed E-state index contributed by atoms with van der Waals surface area (Å²) in [5.41, 5.74) is 2.62. The molecule has 0 bridgehead atoms. The number of aromatic nitrogens is 1. The van der Waals surface area contributed by atoms with Crippen molar-refractivity contribution in [1.82, 2.24) is 4.73 Å². The summed E-state index contributed by atoms with van der Waals surface area (Å²) in [6.45, 7) is 4.16. The highest BCUT2D eigenvalue weighted by Crippen LogP contribution is 2.17. The Labute approximate surface area is 137 Å². The zero-order valence-corrected chi connectivity index (χ0v) is 13.8. The molecule has 0 radical (unpaired) electrons. The Morgan fingerprint density at radius 1 is 1.22 bits per heavy atom. The molecule has 1 atom stereocenters. The molecule has 0 aliphatic carbocycles. The second kappa shape index (κ2) is 8.32. The van der Waals surface area contributed by atoms with Crippen LogP contribution in [0.5, 0.6) is 0 Å². The average molecular weight is 312 g/mol. The van der Waals surface area contributed by atoms with Gasteiger partial charge in [-0.3, -0.25) is 4.79 Å². The van der Waals surface area contributed by atoms with E-state index in [1.807, 2.05) is 6.92 Å². The number of rotatable bonds is 6. The Kier molecular flexibility index (Phi) is 6.15. The van der Waals surface area contributed by atoms with Crippen LogP contribution in [0.1, 0.15) is 37.3 Å². The predicted octanol–water partition coefficient (Wildman–Crippen LogP) is 3.51. The highest BCUT2D eigenvalue weighted by molar-refractivity contribution is 5.79. The molecule has 0 saturated heterocycles. The summed E-state index contributed by atoms with van der Waals surface area (Å²) in [6.07, 6.45) is 4.99. The standard InChI is InChI=1S/C19H24N2O2/c1-3-4-7-17(14-16-11-9-15(2)10-12-16)19(22)20-18-8-5-6-13-21(18)23/h5-6,8-13,17,23H,3-4,7,14H2,1-2H3. The average Bonchev–Trinajstić information content (AvgIpc) is 2.55. The number of aryl methyl sites for hydroxylation is 1. The van der Waals surface area contributed by atoms with Crippen molar-refractivity contribution in [3.8, 4) is 0 Å². The first-order valence-corrected chi connectivity index (χ1v) is 8.11. The topological polar surface area (TPSA) is 54.6 Å². The summed E-state index contributed by atoms with van der Waals surface area (Å²) in [4.78, 5) is 16.7. The molecular formula is C19H24N2O2. The third kappa shape index (κ3) is 5.09. The van der Waals surface area contributed by atoms with Gasteiger partial charge in [0.15, 0.2) is 5.49 Å². The second-order valence-corrected chi connectivity index (χ2v) is 5.88. The van der Waals surface area contributed by atoms with Crippen LogP contribution in [0.4, 0.5) is 0 Å². The van der Waals surface area contributed by atoms with Gasteiger partial charge in [0.1, 0.15) is 0 Å². The number of nitrogens with zero attached hydrogens (tertiary/aromatic N) is 2. The van der Waals surface area contributed by atoms with Crippen LogP contribution in [-0.4, -0.2) is 15.8 Å². The lowest BCUT2D eigenvalue weighted by molar-refractivity contribution is -0.122. The van der Waals surface area contributed by atoms with E-state index in [9.17, 15) is 10.0 Å². The predicted molar refractivity (Wildman–Crippen MR) is 90.1 cm³/mol. The molecule has 23 heavy (non-hydrogen) atoms. The summed E-state index contributed by atoms with van der Waals surface area (Å²) in [6, 6.07) is 13.3. The second-order valence-electron chi connectivity index (χ2n) is 5.88. The van der Waals surface area contributed by atoms with Crippen LogP contribution in [0, 0.1) is 12.8 Å². The molecule has 0 saturated carbocycles. The molecule has 1 amide bonds. The molecular weight excluding hydrogens is 288 g/mol. The molecule has 1 aromatic heterocycles. The van der Waals surface area contributed by atoms with Crippen LogP contribution in [0.15, 0.2) is 53.7 Å². The first kappa shape index (κ1) is 17.0. The molecule has 1 unspecified atom stereocenters. The highest BCUT2D eigenvalue weighted by Gasteiger charge is 2.18. The molecule has 0 spiro atoms. The zero-order valence-electron chi connectivity index (χ0n) is 13.8. The minimum absolute atomic E-state index is 0.155. The van der Waals surface area contributed by atoms with Crippen molar-refractivity contribution in [1.29, 1.82) is 0 Å². The minimum atomic E-state index is -0.173. The van der Waals surface area contributed by atoms with Crippen LogP contribution in [0.25, 0.3) is 0 Å². The third-order valence-electron chi connectivity index (χ3n) is 3.90. The van der Waals surface area contributed by atoms with Gasteiger partial charge < -0.3 is 5.21 Å². The monoisotopic (exact) mass is 312 g/mol. The Morgan fingerprint density at radius 2 is 1.96 bits per heavy atom. The number of hydrogen-bond donors (Lipinski definition) is 1. The van der Waals surface area contributed by atoms with Crippen LogP contribution in [0.2, 0.25) is 0 Å². The summed E-state index contributed by atoms with van der Waals surface area (Å²) >= 11 is 0. The third-order valence-corrected chi connectivity index (χ3v) is 3.90. The highest BCUT2D eigenvalue weighted by atomic mass is 16.5. The number of hydrogen-bond acceptors (Lipinski definition) is 2. The molecule has 122 valence electrons. The van der Waals surface area contributed by atoms with E-state index in [1.165, 1.54) is 11.8 Å². The van der Waals surface area contributed by atoms with Gasteiger partial charge in [-0.25, -0.2) is 0 Å². The van der Waals surface area contributed by atoms with Gasteiger partial charge in [-0.15, -0.1) is 0 Å². The minimum Gasteiger partial charge on any atom is -0.427 e. The van der Waals surface area contributed by atoms with E-state index in [0.717, 1.165) is 29.6 Å². The van der Waals surface area contributed by atoms with Crippen LogP contribution in [-0.2, 0) is 11.2 Å². The van der Waals surface area contributed by atoms with E-state index in [-0.39, 0.29) is 17.3 Å². The normalized spacial score (nSPS) is 13.0. The summed E-state index contributed by atoms with van der Waals surface area (Å²) < 4.78 is 0.876. The lowest BCUT2D eigenvalue weighted by Gasteiger charge is -2.13. The van der Waals surface area contributed by atoms with Crippen molar-refractivity contribution in [2.75, 3.05) is 0 Å². The van der Waals surface area contributed by atoms with Crippen LogP contribution in [0.3, 0.4) is 0 Å². The number of carbonyl (C=O) groups excluding carboxylic acids is 1. The first-order chi connectivity index (χ1) is 11.1. The van der Waals surface area contributed by atoms with Crippen molar-refractivity contribution in [3.05, 3.63) is 65.3 Å². The molecule has 0 aliphatic rings. The van der Waals surface area contributed by atoms with Gasteiger partial charge >= 0.3 is 0 Å². The molecule has 2 rings (SSSR count). The van der Waals surface area contributed by atoms with Gasteiger partial charge in [0, 0.05) is 12.1 Å². The number of carbonyl (C=O) groups is 1. The fraction of sp³-hybridized carbons (Fsp3) is 0.368. The van der Waals surface area contributed by atoms with Crippen LogP contribution >= 0.6 is 0 Å². The van der Waals surface area contributed by atoms with Crippen molar-refractivity contribution in [3.63, 3.8) is 0 Å². The molecule has 1 aromatic carbocycles. The molecule has 2 aromatic rings. The Bertz CT molecular complexity index is 702. The van der Waals surface area contributed by atoms with Gasteiger partial charge in [-0.2, -0.15) is 9.72 Å². The van der Waals surface area contributed by atoms with Gasteiger partial charge in [0.25, 0.3) is 5.91 Å². The Hall–Kier alpha value is -2.36. The number of benzene rings is 1. The lowest BCUT2D eigenvalue weighted by Crippen LogP contribution is -2.23. The molecule has 4 heteroatoms. The van der Waals surface area contributed by atoms with Crippen molar-refractivity contribution < 1.29 is 10.0 Å². The van der Waals surface area contributed by atoms with Crippen LogP contribution < -0.4 is 5.49 Å². The summed E-state index contributed by atoms with van der Waals surface area (Å²) in [5, 5.41) is 9.71. The Morgan fingerprint density at radius 3 is 2.61 bits per heavy atom. The van der Waals surface area contributed by atoms with Crippen molar-refractivity contribution >= 4 is 5.91 Å². The zero-order chi connectivity index (χ0) is 16.7. The fourth-order valence-electron chi connectivity index (χ4n) is 2.49. The van der Waals surface area contributed by atoms with Crippen molar-refractivity contribution in [2.45, 2.75) is 39.5 Å². The Balaban J connectivity index is 2.20. The first-order valence-electron chi connectivity index (χ1n) is 8.11. The van der Waals surface area contributed by atoms with E-state index in [2.05, 4.69) is 36.2 Å².